The number of alkyl halides is 3. The van der Waals surface area contributed by atoms with Crippen molar-refractivity contribution in [2.24, 2.45) is 5.92 Å². The Morgan fingerprint density at radius 3 is 2.51 bits per heavy atom. The number of piperidine rings is 1. The Hall–Kier alpha value is -3.25. The Kier molecular flexibility index (Phi) is 7.04. The van der Waals surface area contributed by atoms with Gasteiger partial charge in [0.15, 0.2) is 0 Å². The van der Waals surface area contributed by atoms with Gasteiger partial charge in [0.25, 0.3) is 5.91 Å². The first kappa shape index (κ1) is 25.4. The molecule has 5 rings (SSSR count). The van der Waals surface area contributed by atoms with Gasteiger partial charge in [-0.25, -0.2) is 4.98 Å². The van der Waals surface area contributed by atoms with Gasteiger partial charge in [-0.15, -0.1) is 0 Å². The molecule has 4 heterocycles. The number of rotatable bonds is 4. The van der Waals surface area contributed by atoms with Crippen LogP contribution in [0.5, 0.6) is 0 Å². The number of aromatic nitrogens is 2. The summed E-state index contributed by atoms with van der Waals surface area (Å²) in [7, 11) is 0. The molecule has 1 N–H and O–H groups in total. The molecule has 12 heteroatoms. The largest absolute Gasteiger partial charge is 0.418 e. The fourth-order valence-corrected chi connectivity index (χ4v) is 5.65. The second kappa shape index (κ2) is 10.3. The van der Waals surface area contributed by atoms with Gasteiger partial charge >= 0.3 is 6.18 Å². The quantitative estimate of drug-likeness (QED) is 0.537. The molecule has 0 aliphatic carbocycles. The number of carbonyl (C=O) groups excluding carboxylic acids is 2. The molecule has 0 unspecified atom stereocenters. The number of anilines is 2. The van der Waals surface area contributed by atoms with E-state index < -0.39 is 23.6 Å². The van der Waals surface area contributed by atoms with Crippen LogP contribution in [0.1, 0.15) is 34.5 Å². The minimum absolute atomic E-state index is 0.123. The second-order valence-corrected chi connectivity index (χ2v) is 9.92. The molecule has 2 saturated heterocycles. The van der Waals surface area contributed by atoms with Crippen molar-refractivity contribution in [3.8, 4) is 0 Å². The van der Waals surface area contributed by atoms with Gasteiger partial charge in [0.05, 0.1) is 46.8 Å². The number of fused-ring (bicyclic) bond motifs is 1. The van der Waals surface area contributed by atoms with Gasteiger partial charge in [0, 0.05) is 38.3 Å². The highest BCUT2D eigenvalue weighted by molar-refractivity contribution is 7.13. The number of aryl methyl sites for hydroxylation is 1. The van der Waals surface area contributed by atoms with Crippen molar-refractivity contribution in [2.45, 2.75) is 25.9 Å². The van der Waals surface area contributed by atoms with Crippen LogP contribution in [0.4, 0.5) is 24.5 Å². The minimum Gasteiger partial charge on any atom is -0.378 e. The fourth-order valence-electron chi connectivity index (χ4n) is 4.90. The van der Waals surface area contributed by atoms with Gasteiger partial charge < -0.3 is 19.9 Å². The second-order valence-electron chi connectivity index (χ2n) is 9.17. The maximum absolute atomic E-state index is 13.5. The van der Waals surface area contributed by atoms with E-state index in [1.807, 2.05) is 6.92 Å². The van der Waals surface area contributed by atoms with Gasteiger partial charge in [-0.1, -0.05) is 12.1 Å². The van der Waals surface area contributed by atoms with Crippen molar-refractivity contribution in [2.75, 3.05) is 49.6 Å². The van der Waals surface area contributed by atoms with Crippen LogP contribution in [0.15, 0.2) is 30.5 Å². The maximum atomic E-state index is 13.5. The maximum Gasteiger partial charge on any atom is 0.418 e. The molecule has 2 fully saturated rings. The first-order valence-electron chi connectivity index (χ1n) is 12.1. The molecular formula is C25H26F3N5O3S. The van der Waals surface area contributed by atoms with Gasteiger partial charge in [-0.3, -0.25) is 9.59 Å². The van der Waals surface area contributed by atoms with Crippen LogP contribution in [0, 0.1) is 12.8 Å². The summed E-state index contributed by atoms with van der Waals surface area (Å²) in [5, 5.41) is 3.31. The molecule has 0 radical (unpaired) electrons. The Labute approximate surface area is 215 Å². The minimum atomic E-state index is -4.56. The summed E-state index contributed by atoms with van der Waals surface area (Å²) in [4.78, 5) is 35.4. The van der Waals surface area contributed by atoms with E-state index in [1.54, 1.807) is 11.1 Å². The standard InChI is InChI=1S/C25H26F3N5O3S/c1-15-20-21(17(14-29-23(20)37-31-15)24(35)33-10-12-36-13-11-33)32-8-6-16(7-9-32)22(34)30-19-5-3-2-4-18(19)25(26,27)28/h2-5,14,16H,6-13H2,1H3,(H,30,34). The summed E-state index contributed by atoms with van der Waals surface area (Å²) in [5.74, 6) is -1.01. The van der Waals surface area contributed by atoms with Crippen molar-refractivity contribution in [3.05, 3.63) is 47.3 Å². The van der Waals surface area contributed by atoms with E-state index in [0.717, 1.165) is 27.7 Å². The van der Waals surface area contributed by atoms with Crippen LogP contribution in [-0.2, 0) is 15.7 Å². The highest BCUT2D eigenvalue weighted by atomic mass is 32.1. The first-order valence-corrected chi connectivity index (χ1v) is 12.9. The number of pyridine rings is 1. The summed E-state index contributed by atoms with van der Waals surface area (Å²) in [6, 6.07) is 4.98. The highest BCUT2D eigenvalue weighted by Crippen LogP contribution is 2.38. The van der Waals surface area contributed by atoms with Crippen molar-refractivity contribution in [1.82, 2.24) is 14.3 Å². The van der Waals surface area contributed by atoms with Gasteiger partial charge in [0.2, 0.25) is 5.91 Å². The third-order valence-electron chi connectivity index (χ3n) is 6.85. The summed E-state index contributed by atoms with van der Waals surface area (Å²) >= 11 is 1.27. The Morgan fingerprint density at radius 1 is 1.11 bits per heavy atom. The van der Waals surface area contributed by atoms with E-state index in [0.29, 0.717) is 57.8 Å². The third-order valence-corrected chi connectivity index (χ3v) is 7.70. The normalized spacial score (nSPS) is 17.3. The molecule has 0 spiro atoms. The van der Waals surface area contributed by atoms with Crippen LogP contribution in [-0.4, -0.2) is 65.5 Å². The van der Waals surface area contributed by atoms with E-state index in [4.69, 9.17) is 4.74 Å². The van der Waals surface area contributed by atoms with E-state index in [9.17, 15) is 22.8 Å². The van der Waals surface area contributed by atoms with E-state index >= 15 is 0 Å². The number of morpholine rings is 1. The Bertz CT molecular complexity index is 1310. The number of nitrogens with one attached hydrogen (secondary N) is 1. The molecule has 1 aromatic carbocycles. The molecule has 2 amide bonds. The Balaban J connectivity index is 1.36. The highest BCUT2D eigenvalue weighted by Gasteiger charge is 2.35. The molecule has 0 atom stereocenters. The van der Waals surface area contributed by atoms with E-state index in [1.165, 1.54) is 29.7 Å². The predicted octanol–water partition coefficient (Wildman–Crippen LogP) is 4.35. The molecule has 0 saturated carbocycles. The summed E-state index contributed by atoms with van der Waals surface area (Å²) in [6.07, 6.45) is -2.09. The number of carbonyl (C=O) groups is 2. The summed E-state index contributed by atoms with van der Waals surface area (Å²) in [5.41, 5.74) is 0.916. The number of amides is 2. The number of benzene rings is 1. The average molecular weight is 534 g/mol. The lowest BCUT2D eigenvalue weighted by molar-refractivity contribution is -0.137. The Morgan fingerprint density at radius 2 is 1.81 bits per heavy atom. The summed E-state index contributed by atoms with van der Waals surface area (Å²) in [6.45, 7) is 4.78. The monoisotopic (exact) mass is 533 g/mol. The van der Waals surface area contributed by atoms with Gasteiger partial charge in [0.1, 0.15) is 4.83 Å². The van der Waals surface area contributed by atoms with E-state index in [-0.39, 0.29) is 11.6 Å². The van der Waals surface area contributed by atoms with Gasteiger partial charge in [-0.05, 0) is 43.4 Å². The molecule has 8 nitrogen and oxygen atoms in total. The molecule has 196 valence electrons. The van der Waals surface area contributed by atoms with Crippen LogP contribution in [0.2, 0.25) is 0 Å². The zero-order valence-electron chi connectivity index (χ0n) is 20.2. The van der Waals surface area contributed by atoms with Crippen molar-refractivity contribution < 1.29 is 27.5 Å². The predicted molar refractivity (Wildman–Crippen MR) is 134 cm³/mol. The molecule has 0 bridgehead atoms. The lowest BCUT2D eigenvalue weighted by atomic mass is 9.94. The van der Waals surface area contributed by atoms with Crippen molar-refractivity contribution in [3.63, 3.8) is 0 Å². The number of nitrogens with zero attached hydrogens (tertiary/aromatic N) is 4. The number of para-hydroxylation sites is 1. The third kappa shape index (κ3) is 5.12. The molecular weight excluding hydrogens is 507 g/mol. The zero-order valence-corrected chi connectivity index (χ0v) is 21.0. The molecule has 3 aromatic rings. The first-order chi connectivity index (χ1) is 17.7. The van der Waals surface area contributed by atoms with Crippen LogP contribution >= 0.6 is 11.5 Å². The number of hydrogen-bond donors (Lipinski definition) is 1. The number of hydrogen-bond acceptors (Lipinski definition) is 7. The smallest absolute Gasteiger partial charge is 0.378 e. The van der Waals surface area contributed by atoms with Crippen molar-refractivity contribution >= 4 is 44.9 Å². The number of ether oxygens (including phenoxy) is 1. The molecule has 2 aromatic heterocycles. The SMILES string of the molecule is Cc1nsc2ncc(C(=O)N3CCOCC3)c(N3CCC(C(=O)Nc4ccccc4C(F)(F)F)CC3)c12. The van der Waals surface area contributed by atoms with Gasteiger partial charge in [-0.2, -0.15) is 17.5 Å². The van der Waals surface area contributed by atoms with Crippen LogP contribution in [0.3, 0.4) is 0 Å². The van der Waals surface area contributed by atoms with Crippen molar-refractivity contribution in [1.29, 1.82) is 0 Å². The zero-order chi connectivity index (χ0) is 26.2. The molecule has 2 aliphatic heterocycles. The average Bonchev–Trinajstić information content (AvgIpc) is 3.28. The molecule has 37 heavy (non-hydrogen) atoms. The topological polar surface area (TPSA) is 87.7 Å². The lowest BCUT2D eigenvalue weighted by Crippen LogP contribution is -2.42. The van der Waals surface area contributed by atoms with Crippen LogP contribution < -0.4 is 10.2 Å². The fraction of sp³-hybridized carbons (Fsp3) is 0.440. The lowest BCUT2D eigenvalue weighted by Gasteiger charge is -2.35. The molecule has 2 aliphatic rings. The van der Waals surface area contributed by atoms with Crippen LogP contribution in [0.25, 0.3) is 10.2 Å². The summed E-state index contributed by atoms with van der Waals surface area (Å²) < 4.78 is 49.9. The van der Waals surface area contributed by atoms with E-state index in [2.05, 4.69) is 19.6 Å². The number of halogens is 3.